The average Bonchev–Trinajstić information content (AvgIpc) is 2.80. The molecule has 0 radical (unpaired) electrons. The van der Waals surface area contributed by atoms with Crippen molar-refractivity contribution in [1.29, 1.82) is 0 Å². The van der Waals surface area contributed by atoms with E-state index in [1.165, 1.54) is 19.3 Å². The summed E-state index contributed by atoms with van der Waals surface area (Å²) in [5.74, 6) is 2.49. The lowest BCUT2D eigenvalue weighted by atomic mass is 9.85. The highest BCUT2D eigenvalue weighted by Crippen LogP contribution is 2.36. The van der Waals surface area contributed by atoms with Gasteiger partial charge in [-0.1, -0.05) is 12.5 Å². The van der Waals surface area contributed by atoms with Crippen molar-refractivity contribution in [3.05, 3.63) is 35.9 Å². The molecule has 1 unspecified atom stereocenters. The Morgan fingerprint density at radius 2 is 2.16 bits per heavy atom. The fourth-order valence-corrected chi connectivity index (χ4v) is 2.81. The first-order valence-corrected chi connectivity index (χ1v) is 7.03. The summed E-state index contributed by atoms with van der Waals surface area (Å²) in [6.45, 7) is 0.935. The Bertz CT molecular complexity index is 573. The van der Waals surface area contributed by atoms with Gasteiger partial charge >= 0.3 is 0 Å². The molecule has 4 rings (SSSR count). The lowest BCUT2D eigenvalue weighted by Crippen LogP contribution is -2.25. The quantitative estimate of drug-likeness (QED) is 0.895. The molecule has 1 N–H and O–H groups in total. The van der Waals surface area contributed by atoms with Crippen LogP contribution >= 0.6 is 0 Å². The summed E-state index contributed by atoms with van der Waals surface area (Å²) in [6, 6.07) is 6.28. The third kappa shape index (κ3) is 1.80. The monoisotopic (exact) mass is 255 g/mol. The Morgan fingerprint density at radius 1 is 1.21 bits per heavy atom. The second kappa shape index (κ2) is 4.33. The van der Waals surface area contributed by atoms with Crippen LogP contribution in [0.15, 0.2) is 24.4 Å². The molecule has 2 aromatic rings. The van der Waals surface area contributed by atoms with Gasteiger partial charge in [0, 0.05) is 18.7 Å². The number of aromatic nitrogens is 4. The molecule has 2 aromatic heterocycles. The van der Waals surface area contributed by atoms with Crippen LogP contribution in [0.3, 0.4) is 0 Å². The van der Waals surface area contributed by atoms with Crippen LogP contribution in [-0.2, 0) is 0 Å². The second-order valence-corrected chi connectivity index (χ2v) is 5.35. The van der Waals surface area contributed by atoms with Crippen molar-refractivity contribution in [3.63, 3.8) is 0 Å². The molecule has 0 bridgehead atoms. The molecule has 1 saturated carbocycles. The average molecular weight is 255 g/mol. The number of anilines is 1. The van der Waals surface area contributed by atoms with E-state index in [1.54, 1.807) is 0 Å². The van der Waals surface area contributed by atoms with E-state index < -0.39 is 0 Å². The van der Waals surface area contributed by atoms with Crippen molar-refractivity contribution in [2.45, 2.75) is 37.6 Å². The first kappa shape index (κ1) is 11.0. The number of hydrogen-bond acceptors (Lipinski definition) is 4. The highest BCUT2D eigenvalue weighted by Gasteiger charge is 2.29. The fraction of sp³-hybridized carbons (Fsp3) is 0.500. The predicted octanol–water partition coefficient (Wildman–Crippen LogP) is 2.35. The summed E-state index contributed by atoms with van der Waals surface area (Å²) in [5.41, 5.74) is 1.08. The molecule has 98 valence electrons. The molecule has 1 aliphatic carbocycles. The van der Waals surface area contributed by atoms with Crippen LogP contribution in [0.2, 0.25) is 0 Å². The van der Waals surface area contributed by atoms with E-state index in [1.807, 2.05) is 23.0 Å². The van der Waals surface area contributed by atoms with Crippen molar-refractivity contribution < 1.29 is 0 Å². The van der Waals surface area contributed by atoms with Gasteiger partial charge in [0.15, 0.2) is 5.82 Å². The van der Waals surface area contributed by atoms with Gasteiger partial charge in [-0.2, -0.15) is 10.1 Å². The molecular weight excluding hydrogens is 238 g/mol. The van der Waals surface area contributed by atoms with Gasteiger partial charge in [-0.25, -0.2) is 4.68 Å². The van der Waals surface area contributed by atoms with Crippen LogP contribution in [0.5, 0.6) is 0 Å². The summed E-state index contributed by atoms with van der Waals surface area (Å²) in [7, 11) is 0. The molecule has 1 atom stereocenters. The highest BCUT2D eigenvalue weighted by atomic mass is 15.4. The second-order valence-electron chi connectivity index (χ2n) is 5.35. The van der Waals surface area contributed by atoms with Gasteiger partial charge in [0.25, 0.3) is 0 Å². The maximum atomic E-state index is 4.73. The van der Waals surface area contributed by atoms with Crippen molar-refractivity contribution in [2.75, 3.05) is 11.9 Å². The first-order valence-electron chi connectivity index (χ1n) is 7.03. The molecule has 5 nitrogen and oxygen atoms in total. The molecule has 19 heavy (non-hydrogen) atoms. The summed E-state index contributed by atoms with van der Waals surface area (Å²) >= 11 is 0. The standard InChI is InChI=1S/C14H17N5/c1-2-8-15-11(6-1)12-7-9-16-14-17-13(18-19(12)14)10-4-3-5-10/h1-2,6,8,10,12H,3-5,7,9H2,(H,16,17,18). The fourth-order valence-electron chi connectivity index (χ4n) is 2.81. The Hall–Kier alpha value is -1.91. The number of fused-ring (bicyclic) bond motifs is 1. The van der Waals surface area contributed by atoms with Crippen molar-refractivity contribution >= 4 is 5.95 Å². The van der Waals surface area contributed by atoms with E-state index in [-0.39, 0.29) is 6.04 Å². The van der Waals surface area contributed by atoms with E-state index in [9.17, 15) is 0 Å². The number of nitrogens with one attached hydrogen (secondary N) is 1. The van der Waals surface area contributed by atoms with Gasteiger partial charge in [-0.3, -0.25) is 4.98 Å². The third-order valence-corrected chi connectivity index (χ3v) is 4.14. The molecule has 2 aliphatic rings. The number of rotatable bonds is 2. The summed E-state index contributed by atoms with van der Waals surface area (Å²) in [5, 5.41) is 8.08. The predicted molar refractivity (Wildman–Crippen MR) is 72.1 cm³/mol. The third-order valence-electron chi connectivity index (χ3n) is 4.14. The minimum absolute atomic E-state index is 0.221. The largest absolute Gasteiger partial charge is 0.354 e. The van der Waals surface area contributed by atoms with E-state index in [2.05, 4.69) is 21.4 Å². The molecule has 0 spiro atoms. The first-order chi connectivity index (χ1) is 9.42. The smallest absolute Gasteiger partial charge is 0.222 e. The molecule has 5 heteroatoms. The van der Waals surface area contributed by atoms with Crippen LogP contribution in [0.4, 0.5) is 5.95 Å². The summed E-state index contributed by atoms with van der Waals surface area (Å²) in [6.07, 6.45) is 6.64. The molecular formula is C14H17N5. The zero-order valence-electron chi connectivity index (χ0n) is 10.8. The van der Waals surface area contributed by atoms with Gasteiger partial charge < -0.3 is 5.32 Å². The Balaban J connectivity index is 1.71. The molecule has 3 heterocycles. The maximum Gasteiger partial charge on any atom is 0.222 e. The molecule has 0 saturated heterocycles. The lowest BCUT2D eigenvalue weighted by Gasteiger charge is -2.24. The van der Waals surface area contributed by atoms with E-state index >= 15 is 0 Å². The van der Waals surface area contributed by atoms with Crippen LogP contribution in [0.1, 0.15) is 49.2 Å². The summed E-state index contributed by atoms with van der Waals surface area (Å²) in [4.78, 5) is 9.13. The Morgan fingerprint density at radius 3 is 2.89 bits per heavy atom. The molecule has 1 fully saturated rings. The van der Waals surface area contributed by atoms with Crippen LogP contribution in [0.25, 0.3) is 0 Å². The lowest BCUT2D eigenvalue weighted by molar-refractivity contribution is 0.393. The Labute approximate surface area is 112 Å². The van der Waals surface area contributed by atoms with Gasteiger partial charge in [0.05, 0.1) is 11.7 Å². The van der Waals surface area contributed by atoms with E-state index in [0.717, 1.165) is 30.4 Å². The number of nitrogens with zero attached hydrogens (tertiary/aromatic N) is 4. The topological polar surface area (TPSA) is 55.6 Å². The van der Waals surface area contributed by atoms with Gasteiger partial charge in [0.2, 0.25) is 5.95 Å². The van der Waals surface area contributed by atoms with Crippen molar-refractivity contribution in [2.24, 2.45) is 0 Å². The van der Waals surface area contributed by atoms with Gasteiger partial charge in [-0.15, -0.1) is 0 Å². The minimum atomic E-state index is 0.221. The van der Waals surface area contributed by atoms with Gasteiger partial charge in [0.1, 0.15) is 0 Å². The molecule has 0 amide bonds. The van der Waals surface area contributed by atoms with E-state index in [0.29, 0.717) is 5.92 Å². The van der Waals surface area contributed by atoms with Crippen LogP contribution in [-0.4, -0.2) is 26.3 Å². The normalized spacial score (nSPS) is 22.4. The minimum Gasteiger partial charge on any atom is -0.354 e. The van der Waals surface area contributed by atoms with Crippen LogP contribution in [0, 0.1) is 0 Å². The molecule has 1 aliphatic heterocycles. The Kier molecular flexibility index (Phi) is 2.50. The molecule has 0 aromatic carbocycles. The van der Waals surface area contributed by atoms with Crippen molar-refractivity contribution in [1.82, 2.24) is 19.7 Å². The number of hydrogen-bond donors (Lipinski definition) is 1. The summed E-state index contributed by atoms with van der Waals surface area (Å²) < 4.78 is 2.03. The number of pyridine rings is 1. The zero-order valence-corrected chi connectivity index (χ0v) is 10.8. The SMILES string of the molecule is c1ccc(C2CCNc3nc(C4CCC4)nn32)nc1. The zero-order chi connectivity index (χ0) is 12.7. The van der Waals surface area contributed by atoms with E-state index in [4.69, 9.17) is 5.10 Å². The van der Waals surface area contributed by atoms with Crippen molar-refractivity contribution in [3.8, 4) is 0 Å². The van der Waals surface area contributed by atoms with Gasteiger partial charge in [-0.05, 0) is 31.4 Å². The highest BCUT2D eigenvalue weighted by molar-refractivity contribution is 5.31. The van der Waals surface area contributed by atoms with Crippen LogP contribution < -0.4 is 5.32 Å². The maximum absolute atomic E-state index is 4.73.